The Morgan fingerprint density at radius 2 is 1.97 bits per heavy atom. The molecule has 7 nitrogen and oxygen atoms in total. The van der Waals surface area contributed by atoms with Crippen LogP contribution in [0.3, 0.4) is 0 Å². The molecular formula is C23H25F3N2O5. The molecule has 0 atom stereocenters. The van der Waals surface area contributed by atoms with Gasteiger partial charge in [0.2, 0.25) is 5.76 Å². The average molecular weight is 466 g/mol. The minimum absolute atomic E-state index is 0.0724. The number of ether oxygens (including phenoxy) is 2. The van der Waals surface area contributed by atoms with Gasteiger partial charge in [0.25, 0.3) is 0 Å². The number of rotatable bonds is 10. The molecule has 10 heteroatoms. The molecule has 0 unspecified atom stereocenters. The highest BCUT2D eigenvalue weighted by molar-refractivity contribution is 5.91. The first-order valence-electron chi connectivity index (χ1n) is 10.4. The van der Waals surface area contributed by atoms with E-state index >= 15 is 0 Å². The molecular weight excluding hydrogens is 441 g/mol. The first kappa shape index (κ1) is 24.2. The van der Waals surface area contributed by atoms with Crippen LogP contribution >= 0.6 is 0 Å². The zero-order valence-electron chi connectivity index (χ0n) is 18.5. The number of alkyl halides is 3. The van der Waals surface area contributed by atoms with Gasteiger partial charge in [0.1, 0.15) is 22.6 Å². The third kappa shape index (κ3) is 5.32. The molecule has 1 heterocycles. The fraction of sp³-hybridized carbons (Fsp3) is 0.391. The van der Waals surface area contributed by atoms with Crippen molar-refractivity contribution in [3.63, 3.8) is 0 Å². The maximum Gasteiger partial charge on any atom is 0.453 e. The van der Waals surface area contributed by atoms with Crippen LogP contribution in [0.2, 0.25) is 0 Å². The van der Waals surface area contributed by atoms with E-state index in [0.717, 1.165) is 5.69 Å². The number of carbonyl (C=O) groups is 1. The lowest BCUT2D eigenvalue weighted by molar-refractivity contribution is -0.154. The van der Waals surface area contributed by atoms with Gasteiger partial charge >= 0.3 is 12.1 Å². The molecule has 33 heavy (non-hydrogen) atoms. The number of aryl methyl sites for hydroxylation is 1. The summed E-state index contributed by atoms with van der Waals surface area (Å²) in [5.41, 5.74) is 1.63. The summed E-state index contributed by atoms with van der Waals surface area (Å²) in [5, 5.41) is 12.8. The highest BCUT2D eigenvalue weighted by Crippen LogP contribution is 2.38. The number of fused-ring (bicyclic) bond motifs is 1. The van der Waals surface area contributed by atoms with Gasteiger partial charge in [0, 0.05) is 30.9 Å². The number of halogens is 3. The molecule has 0 saturated heterocycles. The molecule has 0 aliphatic heterocycles. The van der Waals surface area contributed by atoms with Gasteiger partial charge in [-0.25, -0.2) is 4.79 Å². The molecule has 1 N–H and O–H groups in total. The first-order chi connectivity index (χ1) is 15.7. The molecule has 178 valence electrons. The predicted octanol–water partition coefficient (Wildman–Crippen LogP) is 5.41. The summed E-state index contributed by atoms with van der Waals surface area (Å²) in [6.45, 7) is 2.86. The van der Waals surface area contributed by atoms with E-state index in [2.05, 4.69) is 9.68 Å². The fourth-order valence-electron chi connectivity index (χ4n) is 3.58. The summed E-state index contributed by atoms with van der Waals surface area (Å²) in [4.78, 5) is 13.2. The number of aromatic carboxylic acids is 1. The van der Waals surface area contributed by atoms with Gasteiger partial charge in [-0.1, -0.05) is 18.5 Å². The molecule has 0 aliphatic carbocycles. The zero-order valence-corrected chi connectivity index (χ0v) is 18.5. The van der Waals surface area contributed by atoms with Crippen LogP contribution in [-0.4, -0.2) is 43.5 Å². The van der Waals surface area contributed by atoms with Crippen LogP contribution in [0.4, 0.5) is 18.9 Å². The molecule has 0 amide bonds. The van der Waals surface area contributed by atoms with Gasteiger partial charge < -0.3 is 24.0 Å². The summed E-state index contributed by atoms with van der Waals surface area (Å²) >= 11 is 0. The van der Waals surface area contributed by atoms with Crippen molar-refractivity contribution >= 4 is 22.6 Å². The van der Waals surface area contributed by atoms with Gasteiger partial charge in [-0.15, -0.1) is 0 Å². The Hall–Kier alpha value is -3.43. The van der Waals surface area contributed by atoms with Crippen LogP contribution in [0.1, 0.15) is 41.4 Å². The van der Waals surface area contributed by atoms with E-state index in [0.29, 0.717) is 43.7 Å². The molecule has 2 aromatic carbocycles. The number of benzene rings is 2. The molecule has 0 fully saturated rings. The second kappa shape index (κ2) is 10.0. The molecule has 0 radical (unpaired) electrons. The third-order valence-corrected chi connectivity index (χ3v) is 5.22. The summed E-state index contributed by atoms with van der Waals surface area (Å²) in [5.74, 6) is -1.41. The maximum atomic E-state index is 13.1. The first-order valence-corrected chi connectivity index (χ1v) is 10.4. The van der Waals surface area contributed by atoms with E-state index in [1.807, 2.05) is 18.9 Å². The van der Waals surface area contributed by atoms with Crippen molar-refractivity contribution in [1.82, 2.24) is 5.16 Å². The number of carboxylic acids is 1. The summed E-state index contributed by atoms with van der Waals surface area (Å²) in [6, 6.07) is 7.69. The van der Waals surface area contributed by atoms with Crippen molar-refractivity contribution in [2.45, 2.75) is 32.4 Å². The molecule has 0 saturated carbocycles. The largest absolute Gasteiger partial charge is 0.496 e. The van der Waals surface area contributed by atoms with Crippen molar-refractivity contribution < 1.29 is 37.1 Å². The van der Waals surface area contributed by atoms with Gasteiger partial charge in [-0.2, -0.15) is 13.2 Å². The second-order valence-corrected chi connectivity index (χ2v) is 7.51. The van der Waals surface area contributed by atoms with Crippen molar-refractivity contribution in [2.75, 3.05) is 32.2 Å². The Kier molecular flexibility index (Phi) is 7.35. The number of aromatic nitrogens is 1. The van der Waals surface area contributed by atoms with Crippen LogP contribution in [0.15, 0.2) is 34.9 Å². The normalized spacial score (nSPS) is 11.6. The zero-order chi connectivity index (χ0) is 24.2. The summed E-state index contributed by atoms with van der Waals surface area (Å²) < 4.78 is 55.0. The van der Waals surface area contributed by atoms with Crippen LogP contribution in [-0.2, 0) is 12.6 Å². The molecule has 1 aromatic heterocycles. The average Bonchev–Trinajstić information content (AvgIpc) is 3.22. The second-order valence-electron chi connectivity index (χ2n) is 7.51. The SMILES string of the molecule is CCCc1c(OCCCN(C)c2ccc(C(=O)O)c(OC)c2)ccc2c(C(F)(F)F)onc12. The van der Waals surface area contributed by atoms with Crippen molar-refractivity contribution in [2.24, 2.45) is 0 Å². The van der Waals surface area contributed by atoms with Gasteiger partial charge in [0.15, 0.2) is 0 Å². The lowest BCUT2D eigenvalue weighted by Crippen LogP contribution is -2.20. The molecule has 3 rings (SSSR count). The molecule has 0 spiro atoms. The standard InChI is InChI=1S/C23H25F3N2O5/c1-4-6-15-18(10-9-17-20(15)27-33-21(17)23(24,25)26)32-12-5-11-28(2)14-7-8-16(22(29)30)19(13-14)31-3/h7-10,13H,4-6,11-12H2,1-3H3,(H,29,30). The van der Waals surface area contributed by atoms with Crippen LogP contribution in [0.5, 0.6) is 11.5 Å². The van der Waals surface area contributed by atoms with E-state index < -0.39 is 17.9 Å². The Bertz CT molecular complexity index is 1130. The van der Waals surface area contributed by atoms with E-state index in [-0.39, 0.29) is 22.2 Å². The van der Waals surface area contributed by atoms with Crippen LogP contribution in [0.25, 0.3) is 10.9 Å². The van der Waals surface area contributed by atoms with Gasteiger partial charge in [0.05, 0.1) is 19.1 Å². The van der Waals surface area contributed by atoms with Crippen molar-refractivity contribution in [3.05, 3.63) is 47.2 Å². The summed E-state index contributed by atoms with van der Waals surface area (Å²) in [7, 11) is 3.27. The topological polar surface area (TPSA) is 85.0 Å². The summed E-state index contributed by atoms with van der Waals surface area (Å²) in [6.07, 6.45) is -2.78. The lowest BCUT2D eigenvalue weighted by atomic mass is 10.0. The highest BCUT2D eigenvalue weighted by atomic mass is 19.4. The fourth-order valence-corrected chi connectivity index (χ4v) is 3.58. The highest BCUT2D eigenvalue weighted by Gasteiger charge is 2.38. The third-order valence-electron chi connectivity index (χ3n) is 5.22. The van der Waals surface area contributed by atoms with Crippen LogP contribution in [0, 0.1) is 0 Å². The maximum absolute atomic E-state index is 13.1. The lowest BCUT2D eigenvalue weighted by Gasteiger charge is -2.21. The Labute approximate surface area is 188 Å². The van der Waals surface area contributed by atoms with Crippen molar-refractivity contribution in [1.29, 1.82) is 0 Å². The minimum atomic E-state index is -4.61. The Morgan fingerprint density at radius 3 is 2.61 bits per heavy atom. The molecule has 3 aromatic rings. The number of hydrogen-bond donors (Lipinski definition) is 1. The molecule has 0 aliphatic rings. The quantitative estimate of drug-likeness (QED) is 0.400. The number of carboxylic acid groups (broad SMARTS) is 1. The van der Waals surface area contributed by atoms with Gasteiger partial charge in [-0.3, -0.25) is 0 Å². The van der Waals surface area contributed by atoms with E-state index in [1.165, 1.54) is 25.3 Å². The number of hydrogen-bond acceptors (Lipinski definition) is 6. The van der Waals surface area contributed by atoms with Crippen molar-refractivity contribution in [3.8, 4) is 11.5 Å². The Morgan fingerprint density at radius 1 is 1.21 bits per heavy atom. The Balaban J connectivity index is 1.67. The smallest absolute Gasteiger partial charge is 0.453 e. The van der Waals surface area contributed by atoms with E-state index in [1.54, 1.807) is 12.1 Å². The number of anilines is 1. The predicted molar refractivity (Wildman–Crippen MR) is 116 cm³/mol. The van der Waals surface area contributed by atoms with E-state index in [4.69, 9.17) is 9.47 Å². The van der Waals surface area contributed by atoms with Gasteiger partial charge in [-0.05, 0) is 37.1 Å². The van der Waals surface area contributed by atoms with Crippen LogP contribution < -0.4 is 14.4 Å². The van der Waals surface area contributed by atoms with E-state index in [9.17, 15) is 23.1 Å². The minimum Gasteiger partial charge on any atom is -0.496 e. The number of methoxy groups -OCH3 is 1. The molecule has 0 bridgehead atoms. The number of nitrogens with zero attached hydrogens (tertiary/aromatic N) is 2. The monoisotopic (exact) mass is 466 g/mol.